The summed E-state index contributed by atoms with van der Waals surface area (Å²) in [7, 11) is 0. The van der Waals surface area contributed by atoms with Crippen molar-refractivity contribution in [2.24, 2.45) is 0 Å². The summed E-state index contributed by atoms with van der Waals surface area (Å²) in [4.78, 5) is 17.6. The van der Waals surface area contributed by atoms with E-state index in [-0.39, 0.29) is 18.3 Å². The van der Waals surface area contributed by atoms with Crippen molar-refractivity contribution in [3.05, 3.63) is 65.9 Å². The van der Waals surface area contributed by atoms with Crippen molar-refractivity contribution in [1.82, 2.24) is 15.2 Å². The van der Waals surface area contributed by atoms with Gasteiger partial charge < -0.3 is 19.9 Å². The number of halogens is 2. The summed E-state index contributed by atoms with van der Waals surface area (Å²) in [5.41, 5.74) is 3.17. The van der Waals surface area contributed by atoms with Gasteiger partial charge in [-0.3, -0.25) is 0 Å². The molecule has 1 aliphatic heterocycles. The zero-order valence-corrected chi connectivity index (χ0v) is 15.9. The van der Waals surface area contributed by atoms with E-state index in [9.17, 15) is 13.6 Å². The number of alkyl halides is 2. The molecule has 2 aromatic carbocycles. The van der Waals surface area contributed by atoms with Crippen molar-refractivity contribution in [3.63, 3.8) is 0 Å². The SMILES string of the molecule is O=C(NCc1cccc(OC(F)F)c1)N1CCC(c2c[nH]c3ccccc23)CC1. The number of para-hydroxylation sites is 1. The Labute approximate surface area is 167 Å². The van der Waals surface area contributed by atoms with Crippen LogP contribution in [0.25, 0.3) is 10.9 Å². The van der Waals surface area contributed by atoms with Gasteiger partial charge >= 0.3 is 12.6 Å². The van der Waals surface area contributed by atoms with Crippen molar-refractivity contribution in [1.29, 1.82) is 0 Å². The highest BCUT2D eigenvalue weighted by molar-refractivity contribution is 5.83. The van der Waals surface area contributed by atoms with Crippen molar-refractivity contribution >= 4 is 16.9 Å². The van der Waals surface area contributed by atoms with E-state index in [1.54, 1.807) is 12.1 Å². The molecule has 2 N–H and O–H groups in total. The normalized spacial score (nSPS) is 15.1. The smallest absolute Gasteiger partial charge is 0.387 e. The Morgan fingerprint density at radius 1 is 1.17 bits per heavy atom. The van der Waals surface area contributed by atoms with Gasteiger partial charge in [0, 0.05) is 36.7 Å². The van der Waals surface area contributed by atoms with Gasteiger partial charge in [0.25, 0.3) is 0 Å². The maximum absolute atomic E-state index is 12.5. The lowest BCUT2D eigenvalue weighted by molar-refractivity contribution is -0.0498. The summed E-state index contributed by atoms with van der Waals surface area (Å²) >= 11 is 0. The Morgan fingerprint density at radius 3 is 2.76 bits per heavy atom. The summed E-state index contributed by atoms with van der Waals surface area (Å²) in [6.07, 6.45) is 3.90. The molecule has 1 aromatic heterocycles. The predicted octanol–water partition coefficient (Wildman–Crippen LogP) is 4.86. The highest BCUT2D eigenvalue weighted by Crippen LogP contribution is 2.33. The van der Waals surface area contributed by atoms with Crippen LogP contribution < -0.4 is 10.1 Å². The third kappa shape index (κ3) is 4.50. The topological polar surface area (TPSA) is 57.4 Å². The average Bonchev–Trinajstić information content (AvgIpc) is 3.16. The molecule has 0 radical (unpaired) electrons. The molecule has 2 amide bonds. The third-order valence-corrected chi connectivity index (χ3v) is 5.41. The molecule has 0 bridgehead atoms. The zero-order valence-electron chi connectivity index (χ0n) is 15.9. The molecule has 1 fully saturated rings. The second kappa shape index (κ2) is 8.51. The van der Waals surface area contributed by atoms with Crippen molar-refractivity contribution in [3.8, 4) is 5.75 Å². The number of carbonyl (C=O) groups is 1. The number of nitrogens with zero attached hydrogens (tertiary/aromatic N) is 1. The molecule has 0 saturated carbocycles. The lowest BCUT2D eigenvalue weighted by Gasteiger charge is -2.32. The molecule has 3 aromatic rings. The summed E-state index contributed by atoms with van der Waals surface area (Å²) in [6, 6.07) is 14.5. The highest BCUT2D eigenvalue weighted by Gasteiger charge is 2.25. The molecule has 1 aliphatic rings. The number of H-pyrrole nitrogens is 1. The minimum atomic E-state index is -2.86. The van der Waals surface area contributed by atoms with Crippen LogP contribution in [-0.2, 0) is 6.54 Å². The van der Waals surface area contributed by atoms with Crippen LogP contribution in [0.3, 0.4) is 0 Å². The number of hydrogen-bond acceptors (Lipinski definition) is 2. The zero-order chi connectivity index (χ0) is 20.2. The molecule has 1 saturated heterocycles. The molecule has 0 atom stereocenters. The molecule has 0 unspecified atom stereocenters. The standard InChI is InChI=1S/C22H23F2N3O2/c23-21(24)29-17-5-3-4-15(12-17)13-26-22(28)27-10-8-16(9-11-27)19-14-25-20-7-2-1-6-18(19)20/h1-7,12,14,16,21,25H,8-11,13H2,(H,26,28). The monoisotopic (exact) mass is 399 g/mol. The Hall–Kier alpha value is -3.09. The van der Waals surface area contributed by atoms with E-state index in [0.29, 0.717) is 24.6 Å². The summed E-state index contributed by atoms with van der Waals surface area (Å²) in [6.45, 7) is -1.23. The minimum absolute atomic E-state index is 0.0892. The molecule has 2 heterocycles. The van der Waals surface area contributed by atoms with E-state index < -0.39 is 6.61 Å². The van der Waals surface area contributed by atoms with Gasteiger partial charge in [0.15, 0.2) is 0 Å². The van der Waals surface area contributed by atoms with Gasteiger partial charge in [-0.15, -0.1) is 0 Å². The Balaban J connectivity index is 1.30. The van der Waals surface area contributed by atoms with Crippen LogP contribution in [0.1, 0.15) is 29.9 Å². The molecule has 152 valence electrons. The number of amides is 2. The number of ether oxygens (including phenoxy) is 1. The molecule has 5 nitrogen and oxygen atoms in total. The number of benzene rings is 2. The maximum atomic E-state index is 12.5. The molecule has 29 heavy (non-hydrogen) atoms. The molecule has 0 aliphatic carbocycles. The minimum Gasteiger partial charge on any atom is -0.435 e. The number of nitrogens with one attached hydrogen (secondary N) is 2. The van der Waals surface area contributed by atoms with Crippen molar-refractivity contribution in [2.45, 2.75) is 31.9 Å². The first-order chi connectivity index (χ1) is 14.1. The van der Waals surface area contributed by atoms with E-state index in [4.69, 9.17) is 0 Å². The van der Waals surface area contributed by atoms with E-state index in [2.05, 4.69) is 33.4 Å². The fraction of sp³-hybridized carbons (Fsp3) is 0.318. The number of rotatable bonds is 5. The van der Waals surface area contributed by atoms with Gasteiger partial charge in [0.1, 0.15) is 5.75 Å². The molecule has 7 heteroatoms. The largest absolute Gasteiger partial charge is 0.435 e. The van der Waals surface area contributed by atoms with Gasteiger partial charge in [0.05, 0.1) is 0 Å². The Morgan fingerprint density at radius 2 is 1.97 bits per heavy atom. The number of urea groups is 1. The van der Waals surface area contributed by atoms with Crippen LogP contribution in [-0.4, -0.2) is 35.6 Å². The second-order valence-electron chi connectivity index (χ2n) is 7.24. The molecule has 0 spiro atoms. The van der Waals surface area contributed by atoms with Gasteiger partial charge in [0.2, 0.25) is 0 Å². The van der Waals surface area contributed by atoms with Crippen molar-refractivity contribution in [2.75, 3.05) is 13.1 Å². The number of likely N-dealkylation sites (tertiary alicyclic amines) is 1. The van der Waals surface area contributed by atoms with Gasteiger partial charge in [-0.2, -0.15) is 8.78 Å². The van der Waals surface area contributed by atoms with Crippen LogP contribution in [0.4, 0.5) is 13.6 Å². The molecular formula is C22H23F2N3O2. The highest BCUT2D eigenvalue weighted by atomic mass is 19.3. The quantitative estimate of drug-likeness (QED) is 0.644. The fourth-order valence-corrected chi connectivity index (χ4v) is 3.95. The summed E-state index contributed by atoms with van der Waals surface area (Å²) in [5, 5.41) is 4.12. The first-order valence-electron chi connectivity index (χ1n) is 9.72. The number of hydrogen-bond donors (Lipinski definition) is 2. The van der Waals surface area contributed by atoms with Crippen LogP contribution in [0.5, 0.6) is 5.75 Å². The van der Waals surface area contributed by atoms with Crippen molar-refractivity contribution < 1.29 is 18.3 Å². The first-order valence-corrected chi connectivity index (χ1v) is 9.72. The summed E-state index contributed by atoms with van der Waals surface area (Å²) < 4.78 is 29.1. The Kier molecular flexibility index (Phi) is 5.64. The molecule has 4 rings (SSSR count). The fourth-order valence-electron chi connectivity index (χ4n) is 3.95. The third-order valence-electron chi connectivity index (χ3n) is 5.41. The first kappa shape index (κ1) is 19.2. The van der Waals surface area contributed by atoms with Crippen LogP contribution >= 0.6 is 0 Å². The van der Waals surface area contributed by atoms with Gasteiger partial charge in [-0.05, 0) is 48.1 Å². The number of aromatic nitrogens is 1. The second-order valence-corrected chi connectivity index (χ2v) is 7.24. The average molecular weight is 399 g/mol. The van der Waals surface area contributed by atoms with Crippen LogP contribution in [0.15, 0.2) is 54.7 Å². The Bertz CT molecular complexity index is 981. The van der Waals surface area contributed by atoms with E-state index in [0.717, 1.165) is 18.4 Å². The summed E-state index contributed by atoms with van der Waals surface area (Å²) in [5.74, 6) is 0.518. The number of piperidine rings is 1. The van der Waals surface area contributed by atoms with E-state index >= 15 is 0 Å². The van der Waals surface area contributed by atoms with Gasteiger partial charge in [-0.25, -0.2) is 4.79 Å². The molecular weight excluding hydrogens is 376 g/mol. The lowest BCUT2D eigenvalue weighted by Crippen LogP contribution is -2.43. The number of aromatic amines is 1. The van der Waals surface area contributed by atoms with E-state index in [1.807, 2.05) is 17.0 Å². The predicted molar refractivity (Wildman–Crippen MR) is 107 cm³/mol. The maximum Gasteiger partial charge on any atom is 0.387 e. The van der Waals surface area contributed by atoms with Gasteiger partial charge in [-0.1, -0.05) is 30.3 Å². The van der Waals surface area contributed by atoms with Crippen LogP contribution in [0, 0.1) is 0 Å². The van der Waals surface area contributed by atoms with E-state index in [1.165, 1.54) is 23.1 Å². The number of carbonyl (C=O) groups excluding carboxylic acids is 1. The van der Waals surface area contributed by atoms with Crippen LogP contribution in [0.2, 0.25) is 0 Å². The number of fused-ring (bicyclic) bond motifs is 1. The lowest BCUT2D eigenvalue weighted by atomic mass is 9.89.